The summed E-state index contributed by atoms with van der Waals surface area (Å²) >= 11 is 0. The Hall–Kier alpha value is -1.36. The van der Waals surface area contributed by atoms with Crippen molar-refractivity contribution in [3.05, 3.63) is 11.3 Å². The number of rotatable bonds is 3. The Labute approximate surface area is 113 Å². The number of hydrogen-bond donors (Lipinski definition) is 1. The van der Waals surface area contributed by atoms with Crippen LogP contribution in [0.3, 0.4) is 0 Å². The van der Waals surface area contributed by atoms with Crippen molar-refractivity contribution in [2.75, 3.05) is 11.9 Å². The number of amides is 1. The van der Waals surface area contributed by atoms with Crippen LogP contribution in [-0.2, 0) is 16.0 Å². The minimum atomic E-state index is -0.231. The average molecular weight is 266 g/mol. The van der Waals surface area contributed by atoms with E-state index in [9.17, 15) is 4.79 Å². The lowest BCUT2D eigenvalue weighted by Gasteiger charge is -2.34. The summed E-state index contributed by atoms with van der Waals surface area (Å²) in [6.45, 7) is 8.56. The van der Waals surface area contributed by atoms with Gasteiger partial charge < -0.3 is 9.26 Å². The normalized spacial score (nSPS) is 22.2. The van der Waals surface area contributed by atoms with Gasteiger partial charge in [-0.15, -0.1) is 0 Å². The van der Waals surface area contributed by atoms with Gasteiger partial charge in [0.1, 0.15) is 0 Å². The molecule has 1 aliphatic rings. The molecule has 0 aromatic carbocycles. The first-order valence-corrected chi connectivity index (χ1v) is 6.83. The second-order valence-corrected chi connectivity index (χ2v) is 5.72. The highest BCUT2D eigenvalue weighted by atomic mass is 16.5. The molecule has 1 unspecified atom stereocenters. The quantitative estimate of drug-likeness (QED) is 0.913. The van der Waals surface area contributed by atoms with Crippen molar-refractivity contribution < 1.29 is 14.1 Å². The molecule has 1 saturated heterocycles. The second kappa shape index (κ2) is 5.33. The summed E-state index contributed by atoms with van der Waals surface area (Å²) in [6, 6.07) is 0. The molecule has 2 heterocycles. The Morgan fingerprint density at radius 2 is 2.26 bits per heavy atom. The Morgan fingerprint density at radius 1 is 1.53 bits per heavy atom. The summed E-state index contributed by atoms with van der Waals surface area (Å²) in [4.78, 5) is 12.3. The first-order valence-electron chi connectivity index (χ1n) is 6.83. The van der Waals surface area contributed by atoms with Gasteiger partial charge in [-0.05, 0) is 40.0 Å². The molecule has 0 aliphatic carbocycles. The van der Waals surface area contributed by atoms with E-state index in [0.29, 0.717) is 12.5 Å². The van der Waals surface area contributed by atoms with Crippen molar-refractivity contribution >= 4 is 11.8 Å². The van der Waals surface area contributed by atoms with Crippen LogP contribution in [0.25, 0.3) is 0 Å². The number of carbonyl (C=O) groups excluding carboxylic acids is 1. The third-order valence-electron chi connectivity index (χ3n) is 3.64. The monoisotopic (exact) mass is 266 g/mol. The number of aromatic nitrogens is 1. The summed E-state index contributed by atoms with van der Waals surface area (Å²) in [7, 11) is 0. The maximum atomic E-state index is 12.3. The fourth-order valence-electron chi connectivity index (χ4n) is 2.57. The van der Waals surface area contributed by atoms with Crippen LogP contribution < -0.4 is 5.32 Å². The van der Waals surface area contributed by atoms with E-state index < -0.39 is 0 Å². The van der Waals surface area contributed by atoms with E-state index in [1.54, 1.807) is 0 Å². The van der Waals surface area contributed by atoms with Crippen LogP contribution in [0.15, 0.2) is 4.52 Å². The third kappa shape index (κ3) is 3.15. The second-order valence-electron chi connectivity index (χ2n) is 5.72. The summed E-state index contributed by atoms with van der Waals surface area (Å²) in [5.74, 6) is 0.468. The molecule has 0 spiro atoms. The van der Waals surface area contributed by atoms with Gasteiger partial charge in [0.15, 0.2) is 0 Å². The third-order valence-corrected chi connectivity index (χ3v) is 3.64. The van der Waals surface area contributed by atoms with Crippen molar-refractivity contribution in [3.8, 4) is 0 Å². The number of ether oxygens (including phenoxy) is 1. The Kier molecular flexibility index (Phi) is 3.94. The van der Waals surface area contributed by atoms with Gasteiger partial charge in [0, 0.05) is 18.1 Å². The van der Waals surface area contributed by atoms with Gasteiger partial charge in [-0.25, -0.2) is 0 Å². The van der Waals surface area contributed by atoms with Gasteiger partial charge in [0.2, 0.25) is 11.8 Å². The maximum Gasteiger partial charge on any atom is 0.234 e. The van der Waals surface area contributed by atoms with E-state index in [2.05, 4.69) is 10.5 Å². The molecule has 1 aliphatic heterocycles. The molecule has 106 valence electrons. The predicted molar refractivity (Wildman–Crippen MR) is 72.0 cm³/mol. The van der Waals surface area contributed by atoms with Crippen molar-refractivity contribution in [1.29, 1.82) is 0 Å². The van der Waals surface area contributed by atoms with Crippen LogP contribution in [0.5, 0.6) is 0 Å². The molecule has 0 saturated carbocycles. The summed E-state index contributed by atoms with van der Waals surface area (Å²) in [6.07, 6.45) is 2.28. The lowest BCUT2D eigenvalue weighted by Crippen LogP contribution is -2.39. The summed E-state index contributed by atoms with van der Waals surface area (Å²) in [5.41, 5.74) is 1.58. The smallest absolute Gasteiger partial charge is 0.234 e. The number of nitrogens with one attached hydrogen (secondary N) is 1. The van der Waals surface area contributed by atoms with E-state index >= 15 is 0 Å². The van der Waals surface area contributed by atoms with Crippen LogP contribution >= 0.6 is 0 Å². The predicted octanol–water partition coefficient (Wildman–Crippen LogP) is 2.69. The van der Waals surface area contributed by atoms with Crippen molar-refractivity contribution in [2.45, 2.75) is 52.6 Å². The first kappa shape index (κ1) is 14.1. The number of nitrogens with zero attached hydrogens (tertiary/aromatic N) is 1. The largest absolute Gasteiger partial charge is 0.376 e. The Bertz CT molecular complexity index is 465. The number of carbonyl (C=O) groups is 1. The lowest BCUT2D eigenvalue weighted by molar-refractivity contribution is -0.130. The number of anilines is 1. The van der Waals surface area contributed by atoms with Crippen LogP contribution in [0.1, 0.15) is 44.9 Å². The maximum absolute atomic E-state index is 12.3. The average Bonchev–Trinajstić information content (AvgIpc) is 2.68. The first-order chi connectivity index (χ1) is 8.93. The molecule has 5 nitrogen and oxygen atoms in total. The van der Waals surface area contributed by atoms with Gasteiger partial charge in [0.25, 0.3) is 0 Å². The molecule has 0 radical (unpaired) electrons. The molecule has 1 atom stereocenters. The highest BCUT2D eigenvalue weighted by Gasteiger charge is 2.33. The highest BCUT2D eigenvalue weighted by molar-refractivity contribution is 5.92. The fraction of sp³-hybridized carbons (Fsp3) is 0.714. The van der Waals surface area contributed by atoms with Gasteiger partial charge in [-0.3, -0.25) is 10.1 Å². The molecule has 1 aromatic heterocycles. The number of hydrogen-bond acceptors (Lipinski definition) is 4. The topological polar surface area (TPSA) is 64.4 Å². The molecule has 1 fully saturated rings. The van der Waals surface area contributed by atoms with Crippen LogP contribution in [0.4, 0.5) is 5.88 Å². The van der Waals surface area contributed by atoms with Gasteiger partial charge in [-0.2, -0.15) is 0 Å². The minimum Gasteiger partial charge on any atom is -0.376 e. The van der Waals surface area contributed by atoms with Gasteiger partial charge >= 0.3 is 0 Å². The van der Waals surface area contributed by atoms with E-state index in [0.717, 1.165) is 30.5 Å². The summed E-state index contributed by atoms with van der Waals surface area (Å²) in [5, 5.41) is 6.77. The van der Waals surface area contributed by atoms with Crippen molar-refractivity contribution in [3.63, 3.8) is 0 Å². The number of aryl methyl sites for hydroxylation is 1. The molecular weight excluding hydrogens is 244 g/mol. The Balaban J connectivity index is 2.04. The van der Waals surface area contributed by atoms with E-state index in [4.69, 9.17) is 9.26 Å². The van der Waals surface area contributed by atoms with Crippen LogP contribution in [0.2, 0.25) is 0 Å². The molecule has 19 heavy (non-hydrogen) atoms. The van der Waals surface area contributed by atoms with E-state index in [-0.39, 0.29) is 17.4 Å². The SMILES string of the molecule is CCc1c(C)noc1NC(=O)C1CCOC(C)(C)C1. The van der Waals surface area contributed by atoms with E-state index in [1.807, 2.05) is 27.7 Å². The van der Waals surface area contributed by atoms with Gasteiger partial charge in [-0.1, -0.05) is 12.1 Å². The van der Waals surface area contributed by atoms with Gasteiger partial charge in [0.05, 0.1) is 11.3 Å². The molecule has 0 bridgehead atoms. The van der Waals surface area contributed by atoms with Crippen molar-refractivity contribution in [2.24, 2.45) is 5.92 Å². The van der Waals surface area contributed by atoms with Crippen LogP contribution in [-0.4, -0.2) is 23.3 Å². The zero-order valence-electron chi connectivity index (χ0n) is 12.1. The zero-order valence-corrected chi connectivity index (χ0v) is 12.1. The van der Waals surface area contributed by atoms with E-state index in [1.165, 1.54) is 0 Å². The lowest BCUT2D eigenvalue weighted by atomic mass is 9.88. The molecule has 1 aromatic rings. The Morgan fingerprint density at radius 3 is 2.89 bits per heavy atom. The molecular formula is C14H22N2O3. The molecule has 1 amide bonds. The highest BCUT2D eigenvalue weighted by Crippen LogP contribution is 2.30. The molecule has 2 rings (SSSR count). The standard InChI is InChI=1S/C14H22N2O3/c1-5-11-9(2)16-19-13(11)15-12(17)10-6-7-18-14(3,4)8-10/h10H,5-8H2,1-4H3,(H,15,17). The molecule has 5 heteroatoms. The molecule has 1 N–H and O–H groups in total. The summed E-state index contributed by atoms with van der Waals surface area (Å²) < 4.78 is 10.8. The van der Waals surface area contributed by atoms with Crippen molar-refractivity contribution in [1.82, 2.24) is 5.16 Å². The van der Waals surface area contributed by atoms with Crippen LogP contribution in [0, 0.1) is 12.8 Å². The fourth-order valence-corrected chi connectivity index (χ4v) is 2.57. The minimum absolute atomic E-state index is 0.00206. The zero-order chi connectivity index (χ0) is 14.0.